The molecule has 13 heteroatoms. The van der Waals surface area contributed by atoms with Crippen LogP contribution < -0.4 is 10.1 Å². The number of halogens is 2. The number of fused-ring (bicyclic) bond motifs is 1. The number of ether oxygens (including phenoxy) is 2. The third kappa shape index (κ3) is 5.74. The minimum Gasteiger partial charge on any atom is -0.433 e. The number of alkyl halides is 2. The summed E-state index contributed by atoms with van der Waals surface area (Å²) in [5.74, 6) is -0.591. The van der Waals surface area contributed by atoms with Crippen molar-refractivity contribution in [2.45, 2.75) is 30.1 Å². The van der Waals surface area contributed by atoms with Crippen LogP contribution in [0.15, 0.2) is 52.5 Å². The van der Waals surface area contributed by atoms with Gasteiger partial charge in [-0.05, 0) is 37.3 Å². The molecule has 0 aliphatic carbocycles. The Morgan fingerprint density at radius 2 is 1.97 bits per heavy atom. The number of thioether (sulfide) groups is 1. The third-order valence-corrected chi connectivity index (χ3v) is 8.19. The van der Waals surface area contributed by atoms with Gasteiger partial charge < -0.3 is 19.4 Å². The zero-order valence-electron chi connectivity index (χ0n) is 18.8. The highest BCUT2D eigenvalue weighted by Crippen LogP contribution is 2.29. The molecule has 35 heavy (non-hydrogen) atoms. The number of para-hydroxylation sites is 2. The number of imidazole rings is 1. The van der Waals surface area contributed by atoms with E-state index in [4.69, 9.17) is 4.74 Å². The van der Waals surface area contributed by atoms with Gasteiger partial charge in [0.15, 0.2) is 5.16 Å². The van der Waals surface area contributed by atoms with Crippen molar-refractivity contribution in [2.75, 3.05) is 37.4 Å². The second kappa shape index (κ2) is 10.9. The second-order valence-electron chi connectivity index (χ2n) is 7.52. The third-order valence-electron chi connectivity index (χ3n) is 5.32. The van der Waals surface area contributed by atoms with Crippen LogP contribution in [0.25, 0.3) is 11.0 Å². The van der Waals surface area contributed by atoms with Gasteiger partial charge in [-0.15, -0.1) is 0 Å². The van der Waals surface area contributed by atoms with Crippen molar-refractivity contribution < 1.29 is 31.5 Å². The number of aromatic nitrogens is 2. The predicted molar refractivity (Wildman–Crippen MR) is 127 cm³/mol. The highest BCUT2D eigenvalue weighted by Gasteiger charge is 2.27. The molecule has 2 aromatic carbocycles. The van der Waals surface area contributed by atoms with Gasteiger partial charge in [0.25, 0.3) is 0 Å². The SMILES string of the molecule is CCn1c(SCC(=O)Nc2ccccc2OC(F)F)nc2cc(S(=O)(=O)N3CCOCC3)ccc21. The first-order valence-electron chi connectivity index (χ1n) is 10.8. The molecule has 9 nitrogen and oxygen atoms in total. The van der Waals surface area contributed by atoms with Crippen molar-refractivity contribution in [3.05, 3.63) is 42.5 Å². The number of aryl methyl sites for hydroxylation is 1. The Labute approximate surface area is 205 Å². The molecular weight excluding hydrogens is 502 g/mol. The summed E-state index contributed by atoms with van der Waals surface area (Å²) in [6, 6.07) is 10.7. The molecule has 1 N–H and O–H groups in total. The number of carbonyl (C=O) groups excluding carboxylic acids is 1. The first-order valence-corrected chi connectivity index (χ1v) is 13.3. The second-order valence-corrected chi connectivity index (χ2v) is 10.4. The monoisotopic (exact) mass is 526 g/mol. The predicted octanol–water partition coefficient (Wildman–Crippen LogP) is 3.41. The normalized spacial score (nSPS) is 15.0. The van der Waals surface area contributed by atoms with Crippen molar-refractivity contribution in [3.8, 4) is 5.75 Å². The Kier molecular flexibility index (Phi) is 7.89. The Balaban J connectivity index is 1.50. The van der Waals surface area contributed by atoms with Crippen LogP contribution in [0, 0.1) is 0 Å². The number of sulfonamides is 1. The van der Waals surface area contributed by atoms with Crippen molar-refractivity contribution >= 4 is 44.4 Å². The fraction of sp³-hybridized carbons (Fsp3) is 0.364. The molecule has 188 valence electrons. The van der Waals surface area contributed by atoms with E-state index in [1.807, 2.05) is 11.5 Å². The summed E-state index contributed by atoms with van der Waals surface area (Å²) in [6.45, 7) is 0.768. The lowest BCUT2D eigenvalue weighted by Crippen LogP contribution is -2.40. The van der Waals surface area contributed by atoms with Crippen LogP contribution in [0.5, 0.6) is 5.75 Å². The van der Waals surface area contributed by atoms with Gasteiger partial charge in [0, 0.05) is 19.6 Å². The number of morpholine rings is 1. The maximum Gasteiger partial charge on any atom is 0.387 e. The maximum absolute atomic E-state index is 13.0. The number of carbonyl (C=O) groups is 1. The Hall–Kier alpha value is -2.74. The fourth-order valence-corrected chi connectivity index (χ4v) is 5.99. The quantitative estimate of drug-likeness (QED) is 0.426. The zero-order chi connectivity index (χ0) is 25.0. The van der Waals surface area contributed by atoms with E-state index in [0.717, 1.165) is 17.3 Å². The lowest BCUT2D eigenvalue weighted by atomic mass is 10.3. The van der Waals surface area contributed by atoms with Gasteiger partial charge in [0.2, 0.25) is 15.9 Å². The number of nitrogens with one attached hydrogen (secondary N) is 1. The van der Waals surface area contributed by atoms with Gasteiger partial charge in [-0.1, -0.05) is 23.9 Å². The average molecular weight is 527 g/mol. The number of amides is 1. The molecule has 4 rings (SSSR count). The number of benzene rings is 2. The highest BCUT2D eigenvalue weighted by molar-refractivity contribution is 7.99. The lowest BCUT2D eigenvalue weighted by molar-refractivity contribution is -0.113. The molecule has 1 aliphatic rings. The lowest BCUT2D eigenvalue weighted by Gasteiger charge is -2.26. The Morgan fingerprint density at radius 1 is 1.23 bits per heavy atom. The van der Waals surface area contributed by atoms with E-state index in [1.165, 1.54) is 28.6 Å². The molecule has 1 amide bonds. The van der Waals surface area contributed by atoms with Crippen molar-refractivity contribution in [1.29, 1.82) is 0 Å². The summed E-state index contributed by atoms with van der Waals surface area (Å²) in [5, 5.41) is 3.11. The van der Waals surface area contributed by atoms with Crippen LogP contribution in [0.4, 0.5) is 14.5 Å². The molecule has 0 radical (unpaired) electrons. The number of rotatable bonds is 9. The van der Waals surface area contributed by atoms with Crippen LogP contribution >= 0.6 is 11.8 Å². The topological polar surface area (TPSA) is 103 Å². The van der Waals surface area contributed by atoms with Gasteiger partial charge in [-0.2, -0.15) is 13.1 Å². The zero-order valence-corrected chi connectivity index (χ0v) is 20.4. The summed E-state index contributed by atoms with van der Waals surface area (Å²) in [5.41, 5.74) is 1.38. The van der Waals surface area contributed by atoms with E-state index >= 15 is 0 Å². The highest BCUT2D eigenvalue weighted by atomic mass is 32.2. The summed E-state index contributed by atoms with van der Waals surface area (Å²) in [6.07, 6.45) is 0. The Morgan fingerprint density at radius 3 is 2.69 bits per heavy atom. The Bertz CT molecular complexity index is 1310. The van der Waals surface area contributed by atoms with Gasteiger partial charge >= 0.3 is 6.61 Å². The smallest absolute Gasteiger partial charge is 0.387 e. The molecular formula is C22H24F2N4O5S2. The molecule has 0 saturated carbocycles. The van der Waals surface area contributed by atoms with Crippen LogP contribution in [0.3, 0.4) is 0 Å². The number of hydrogen-bond donors (Lipinski definition) is 1. The molecule has 1 aromatic heterocycles. The first-order chi connectivity index (χ1) is 16.8. The minimum absolute atomic E-state index is 0.0364. The van der Waals surface area contributed by atoms with Crippen LogP contribution in [-0.2, 0) is 26.1 Å². The van der Waals surface area contributed by atoms with Crippen LogP contribution in [0.1, 0.15) is 6.92 Å². The molecule has 1 fully saturated rings. The molecule has 0 unspecified atom stereocenters. The van der Waals surface area contributed by atoms with E-state index in [-0.39, 0.29) is 22.1 Å². The summed E-state index contributed by atoms with van der Waals surface area (Å²) in [7, 11) is -3.67. The molecule has 3 aromatic rings. The molecule has 1 saturated heterocycles. The maximum atomic E-state index is 13.0. The average Bonchev–Trinajstić information content (AvgIpc) is 3.21. The molecule has 0 atom stereocenters. The molecule has 0 spiro atoms. The molecule has 2 heterocycles. The van der Waals surface area contributed by atoms with Crippen LogP contribution in [-0.4, -0.2) is 66.8 Å². The number of anilines is 1. The van der Waals surface area contributed by atoms with Crippen molar-refractivity contribution in [3.63, 3.8) is 0 Å². The van der Waals surface area contributed by atoms with Gasteiger partial charge in [0.1, 0.15) is 5.75 Å². The van der Waals surface area contributed by atoms with Gasteiger partial charge in [-0.3, -0.25) is 4.79 Å². The fourth-order valence-electron chi connectivity index (χ4n) is 3.68. The van der Waals surface area contributed by atoms with E-state index in [1.54, 1.807) is 18.2 Å². The van der Waals surface area contributed by atoms with Gasteiger partial charge in [0.05, 0.1) is 40.6 Å². The van der Waals surface area contributed by atoms with Gasteiger partial charge in [-0.25, -0.2) is 13.4 Å². The summed E-state index contributed by atoms with van der Waals surface area (Å²) >= 11 is 1.16. The van der Waals surface area contributed by atoms with Crippen molar-refractivity contribution in [1.82, 2.24) is 13.9 Å². The molecule has 1 aliphatic heterocycles. The largest absolute Gasteiger partial charge is 0.433 e. The van der Waals surface area contributed by atoms with E-state index in [9.17, 15) is 22.0 Å². The standard InChI is InChI=1S/C22H24F2N4O5S2/c1-2-28-18-8-7-15(35(30,31)27-9-11-32-12-10-27)13-17(18)26-22(28)34-14-20(29)25-16-5-3-4-6-19(16)33-21(23)24/h3-8,13,21H,2,9-12,14H2,1H3,(H,25,29). The number of nitrogens with zero attached hydrogens (tertiary/aromatic N) is 3. The van der Waals surface area contributed by atoms with E-state index < -0.39 is 22.5 Å². The molecule has 0 bridgehead atoms. The van der Waals surface area contributed by atoms with Crippen LogP contribution in [0.2, 0.25) is 0 Å². The van der Waals surface area contributed by atoms with Crippen molar-refractivity contribution in [2.24, 2.45) is 0 Å². The number of hydrogen-bond acceptors (Lipinski definition) is 7. The summed E-state index contributed by atoms with van der Waals surface area (Å²) in [4.78, 5) is 17.2. The first kappa shape index (κ1) is 25.4. The van der Waals surface area contributed by atoms with E-state index in [0.29, 0.717) is 43.5 Å². The minimum atomic E-state index is -3.67. The summed E-state index contributed by atoms with van der Waals surface area (Å²) < 4.78 is 64.2. The van der Waals surface area contributed by atoms with E-state index in [2.05, 4.69) is 15.0 Å².